The van der Waals surface area contributed by atoms with Crippen LogP contribution in [0.4, 0.5) is 5.95 Å². The fraction of sp³-hybridized carbons (Fsp3) is 0.211. The predicted octanol–water partition coefficient (Wildman–Crippen LogP) is 3.59. The maximum absolute atomic E-state index is 12.3. The van der Waals surface area contributed by atoms with Gasteiger partial charge in [0.2, 0.25) is 5.95 Å². The summed E-state index contributed by atoms with van der Waals surface area (Å²) in [6, 6.07) is 13.8. The molecule has 0 spiro atoms. The SMILES string of the molecule is O=C1C[C@H](c2ccco2)Cc2nc(NCc3ccccc3)ncc21. The van der Waals surface area contributed by atoms with Crippen LogP contribution in [-0.4, -0.2) is 15.8 Å². The van der Waals surface area contributed by atoms with Crippen LogP contribution >= 0.6 is 0 Å². The molecule has 0 fully saturated rings. The van der Waals surface area contributed by atoms with Crippen LogP contribution in [0.15, 0.2) is 59.3 Å². The van der Waals surface area contributed by atoms with E-state index in [9.17, 15) is 4.79 Å². The number of furan rings is 1. The third kappa shape index (κ3) is 2.93. The number of hydrogen-bond donors (Lipinski definition) is 1. The van der Waals surface area contributed by atoms with Gasteiger partial charge in [0.1, 0.15) is 5.76 Å². The maximum atomic E-state index is 12.3. The van der Waals surface area contributed by atoms with Crippen molar-refractivity contribution >= 4 is 11.7 Å². The van der Waals surface area contributed by atoms with Crippen molar-refractivity contribution in [1.82, 2.24) is 9.97 Å². The highest BCUT2D eigenvalue weighted by Crippen LogP contribution is 2.32. The van der Waals surface area contributed by atoms with E-state index in [4.69, 9.17) is 4.42 Å². The van der Waals surface area contributed by atoms with Crippen LogP contribution in [0, 0.1) is 0 Å². The van der Waals surface area contributed by atoms with E-state index in [1.54, 1.807) is 12.5 Å². The fourth-order valence-electron chi connectivity index (χ4n) is 3.03. The van der Waals surface area contributed by atoms with Crippen LogP contribution in [0.5, 0.6) is 0 Å². The molecule has 2 heterocycles. The first-order chi connectivity index (χ1) is 11.8. The third-order valence-corrected chi connectivity index (χ3v) is 4.28. The third-order valence-electron chi connectivity index (χ3n) is 4.28. The van der Waals surface area contributed by atoms with Crippen molar-refractivity contribution in [2.75, 3.05) is 5.32 Å². The summed E-state index contributed by atoms with van der Waals surface area (Å²) in [4.78, 5) is 21.2. The molecule has 1 aromatic carbocycles. The average Bonchev–Trinajstić information content (AvgIpc) is 3.15. The Balaban J connectivity index is 1.54. The molecule has 3 aromatic rings. The molecule has 120 valence electrons. The molecule has 0 radical (unpaired) electrons. The lowest BCUT2D eigenvalue weighted by Crippen LogP contribution is -2.21. The largest absolute Gasteiger partial charge is 0.469 e. The second-order valence-corrected chi connectivity index (χ2v) is 5.94. The van der Waals surface area contributed by atoms with E-state index in [-0.39, 0.29) is 11.7 Å². The Kier molecular flexibility index (Phi) is 3.83. The van der Waals surface area contributed by atoms with Gasteiger partial charge in [-0.25, -0.2) is 9.97 Å². The first kappa shape index (κ1) is 14.6. The minimum absolute atomic E-state index is 0.0527. The van der Waals surface area contributed by atoms with Crippen molar-refractivity contribution in [2.24, 2.45) is 0 Å². The number of rotatable bonds is 4. The topological polar surface area (TPSA) is 68.0 Å². The summed E-state index contributed by atoms with van der Waals surface area (Å²) in [5.41, 5.74) is 2.57. The molecule has 0 saturated carbocycles. The summed E-state index contributed by atoms with van der Waals surface area (Å²) in [7, 11) is 0. The molecule has 2 aromatic heterocycles. The zero-order valence-corrected chi connectivity index (χ0v) is 13.1. The lowest BCUT2D eigenvalue weighted by Gasteiger charge is -2.21. The highest BCUT2D eigenvalue weighted by molar-refractivity contribution is 5.98. The highest BCUT2D eigenvalue weighted by Gasteiger charge is 2.29. The standard InChI is InChI=1S/C19H17N3O2/c23-17-10-14(18-7-4-8-24-18)9-16-15(17)12-21-19(22-16)20-11-13-5-2-1-3-6-13/h1-8,12,14H,9-11H2,(H,20,21,22)/t14-/m1/s1. The van der Waals surface area contributed by atoms with Gasteiger partial charge in [-0.15, -0.1) is 0 Å². The lowest BCUT2D eigenvalue weighted by atomic mass is 9.85. The number of aromatic nitrogens is 2. The van der Waals surface area contributed by atoms with Gasteiger partial charge in [0, 0.05) is 31.5 Å². The predicted molar refractivity (Wildman–Crippen MR) is 89.9 cm³/mol. The number of nitrogens with one attached hydrogen (secondary N) is 1. The number of nitrogens with zero attached hydrogens (tertiary/aromatic N) is 2. The van der Waals surface area contributed by atoms with Crippen molar-refractivity contribution in [3.05, 3.63) is 77.5 Å². The normalized spacial score (nSPS) is 16.7. The van der Waals surface area contributed by atoms with Crippen LogP contribution in [0.1, 0.15) is 39.7 Å². The number of Topliss-reactive ketones (excluding diaryl/α,β-unsaturated/α-hetero) is 1. The Morgan fingerprint density at radius 3 is 2.79 bits per heavy atom. The van der Waals surface area contributed by atoms with Gasteiger partial charge < -0.3 is 9.73 Å². The molecule has 0 amide bonds. The van der Waals surface area contributed by atoms with Crippen molar-refractivity contribution in [1.29, 1.82) is 0 Å². The van der Waals surface area contributed by atoms with E-state index >= 15 is 0 Å². The van der Waals surface area contributed by atoms with Gasteiger partial charge in [0.15, 0.2) is 5.78 Å². The number of ketones is 1. The molecule has 0 bridgehead atoms. The van der Waals surface area contributed by atoms with Gasteiger partial charge in [0.05, 0.1) is 17.5 Å². The number of benzene rings is 1. The van der Waals surface area contributed by atoms with E-state index in [1.165, 1.54) is 0 Å². The lowest BCUT2D eigenvalue weighted by molar-refractivity contribution is 0.0958. The number of carbonyl (C=O) groups excluding carboxylic acids is 1. The summed E-state index contributed by atoms with van der Waals surface area (Å²) in [6.45, 7) is 0.648. The second-order valence-electron chi connectivity index (χ2n) is 5.94. The van der Waals surface area contributed by atoms with Gasteiger partial charge in [-0.05, 0) is 17.7 Å². The molecule has 1 N–H and O–H groups in total. The van der Waals surface area contributed by atoms with Gasteiger partial charge in [-0.1, -0.05) is 30.3 Å². The van der Waals surface area contributed by atoms with E-state index in [1.807, 2.05) is 42.5 Å². The van der Waals surface area contributed by atoms with Gasteiger partial charge in [0.25, 0.3) is 0 Å². The Labute approximate surface area is 139 Å². The number of hydrogen-bond acceptors (Lipinski definition) is 5. The van der Waals surface area contributed by atoms with Crippen LogP contribution in [-0.2, 0) is 13.0 Å². The summed E-state index contributed by atoms with van der Waals surface area (Å²) in [5, 5.41) is 3.22. The Hall–Kier alpha value is -2.95. The van der Waals surface area contributed by atoms with E-state index in [2.05, 4.69) is 15.3 Å². The van der Waals surface area contributed by atoms with Gasteiger partial charge in [-0.3, -0.25) is 4.79 Å². The molecule has 0 aliphatic heterocycles. The van der Waals surface area contributed by atoms with Crippen molar-refractivity contribution in [3.63, 3.8) is 0 Å². The molecule has 24 heavy (non-hydrogen) atoms. The Bertz CT molecular complexity index is 844. The maximum Gasteiger partial charge on any atom is 0.223 e. The summed E-state index contributed by atoms with van der Waals surface area (Å²) in [5.74, 6) is 1.51. The second kappa shape index (κ2) is 6.28. The number of carbonyl (C=O) groups is 1. The minimum atomic E-state index is 0.0527. The smallest absolute Gasteiger partial charge is 0.223 e. The van der Waals surface area contributed by atoms with Crippen LogP contribution in [0.3, 0.4) is 0 Å². The van der Waals surface area contributed by atoms with Crippen LogP contribution < -0.4 is 5.32 Å². The molecule has 0 saturated heterocycles. The monoisotopic (exact) mass is 319 g/mol. The van der Waals surface area contributed by atoms with E-state index in [0.717, 1.165) is 17.0 Å². The quantitative estimate of drug-likeness (QED) is 0.796. The summed E-state index contributed by atoms with van der Waals surface area (Å²) < 4.78 is 5.46. The molecule has 4 rings (SSSR count). The average molecular weight is 319 g/mol. The van der Waals surface area contributed by atoms with Gasteiger partial charge >= 0.3 is 0 Å². The molecule has 0 unspecified atom stereocenters. The summed E-state index contributed by atoms with van der Waals surface area (Å²) >= 11 is 0. The first-order valence-corrected chi connectivity index (χ1v) is 8.00. The fourth-order valence-corrected chi connectivity index (χ4v) is 3.03. The Morgan fingerprint density at radius 2 is 2.00 bits per heavy atom. The molecule has 5 nitrogen and oxygen atoms in total. The van der Waals surface area contributed by atoms with Crippen molar-refractivity contribution < 1.29 is 9.21 Å². The van der Waals surface area contributed by atoms with Crippen LogP contribution in [0.2, 0.25) is 0 Å². The molecule has 1 aliphatic rings. The van der Waals surface area contributed by atoms with Crippen molar-refractivity contribution in [2.45, 2.75) is 25.3 Å². The molecule has 1 aliphatic carbocycles. The van der Waals surface area contributed by atoms with Crippen LogP contribution in [0.25, 0.3) is 0 Å². The van der Waals surface area contributed by atoms with E-state index < -0.39 is 0 Å². The number of anilines is 1. The molecular formula is C19H17N3O2. The zero-order valence-electron chi connectivity index (χ0n) is 13.1. The minimum Gasteiger partial charge on any atom is -0.469 e. The highest BCUT2D eigenvalue weighted by atomic mass is 16.3. The Morgan fingerprint density at radius 1 is 1.12 bits per heavy atom. The number of fused-ring (bicyclic) bond motifs is 1. The first-order valence-electron chi connectivity index (χ1n) is 8.00. The van der Waals surface area contributed by atoms with Crippen molar-refractivity contribution in [3.8, 4) is 0 Å². The van der Waals surface area contributed by atoms with Gasteiger partial charge in [-0.2, -0.15) is 0 Å². The summed E-state index contributed by atoms with van der Waals surface area (Å²) in [6.07, 6.45) is 4.41. The molecule has 5 heteroatoms. The zero-order chi connectivity index (χ0) is 16.4. The van der Waals surface area contributed by atoms with E-state index in [0.29, 0.717) is 30.9 Å². The molecular weight excluding hydrogens is 302 g/mol. The molecule has 1 atom stereocenters.